The fourth-order valence-corrected chi connectivity index (χ4v) is 3.46. The monoisotopic (exact) mass is 381 g/mol. The molecule has 7 heteroatoms. The van der Waals surface area contributed by atoms with E-state index in [1.807, 2.05) is 24.4 Å². The van der Waals surface area contributed by atoms with Crippen LogP contribution in [0.5, 0.6) is 11.5 Å². The summed E-state index contributed by atoms with van der Waals surface area (Å²) in [4.78, 5) is 12.8. The Morgan fingerprint density at radius 3 is 2.54 bits per heavy atom. The standard InChI is InChI=1S/C21H27N5O2/c1-12(2)15-11-22-19-18(15)20(23-13-6-5-7-13)26-21(25-19)24-14-8-9-16(27-3)17(10-14)28-4/h8-13H,5-7H2,1-4H3,(H3,22,23,24,25,26). The lowest BCUT2D eigenvalue weighted by atomic mass is 9.93. The van der Waals surface area contributed by atoms with Crippen molar-refractivity contribution < 1.29 is 9.47 Å². The number of fused-ring (bicyclic) bond motifs is 1. The van der Waals surface area contributed by atoms with E-state index in [0.29, 0.717) is 29.4 Å². The van der Waals surface area contributed by atoms with Gasteiger partial charge in [0.05, 0.1) is 19.6 Å². The van der Waals surface area contributed by atoms with Crippen molar-refractivity contribution in [3.63, 3.8) is 0 Å². The fraction of sp³-hybridized carbons (Fsp3) is 0.429. The van der Waals surface area contributed by atoms with Crippen LogP contribution in [0, 0.1) is 0 Å². The predicted molar refractivity (Wildman–Crippen MR) is 112 cm³/mol. The van der Waals surface area contributed by atoms with Crippen molar-refractivity contribution in [3.05, 3.63) is 30.0 Å². The van der Waals surface area contributed by atoms with Gasteiger partial charge in [0, 0.05) is 24.0 Å². The van der Waals surface area contributed by atoms with E-state index in [1.54, 1.807) is 14.2 Å². The van der Waals surface area contributed by atoms with E-state index < -0.39 is 0 Å². The van der Waals surface area contributed by atoms with Crippen LogP contribution in [0.15, 0.2) is 24.4 Å². The Kier molecular flexibility index (Phi) is 4.98. The summed E-state index contributed by atoms with van der Waals surface area (Å²) in [5.74, 6) is 3.16. The third kappa shape index (κ3) is 3.44. The molecule has 3 N–H and O–H groups in total. The normalized spacial score (nSPS) is 14.2. The molecule has 148 valence electrons. The highest BCUT2D eigenvalue weighted by atomic mass is 16.5. The van der Waals surface area contributed by atoms with Gasteiger partial charge in [0.15, 0.2) is 11.5 Å². The summed E-state index contributed by atoms with van der Waals surface area (Å²) in [5, 5.41) is 7.99. The van der Waals surface area contributed by atoms with E-state index in [0.717, 1.165) is 22.5 Å². The quantitative estimate of drug-likeness (QED) is 0.545. The van der Waals surface area contributed by atoms with Crippen LogP contribution in [-0.2, 0) is 0 Å². The average Bonchev–Trinajstić information content (AvgIpc) is 3.09. The van der Waals surface area contributed by atoms with Gasteiger partial charge in [-0.2, -0.15) is 9.97 Å². The molecule has 0 unspecified atom stereocenters. The van der Waals surface area contributed by atoms with Gasteiger partial charge in [-0.3, -0.25) is 0 Å². The second-order valence-electron chi connectivity index (χ2n) is 7.49. The molecule has 1 aliphatic carbocycles. The highest BCUT2D eigenvalue weighted by Gasteiger charge is 2.22. The van der Waals surface area contributed by atoms with Gasteiger partial charge in [0.1, 0.15) is 11.5 Å². The first-order valence-electron chi connectivity index (χ1n) is 9.73. The fourth-order valence-electron chi connectivity index (χ4n) is 3.46. The summed E-state index contributed by atoms with van der Waals surface area (Å²) in [7, 11) is 3.25. The van der Waals surface area contributed by atoms with Gasteiger partial charge in [-0.15, -0.1) is 0 Å². The number of hydrogen-bond acceptors (Lipinski definition) is 6. The van der Waals surface area contributed by atoms with Crippen molar-refractivity contribution in [2.75, 3.05) is 24.9 Å². The maximum atomic E-state index is 5.39. The first-order chi connectivity index (χ1) is 13.6. The van der Waals surface area contributed by atoms with E-state index in [9.17, 15) is 0 Å². The number of methoxy groups -OCH3 is 2. The number of anilines is 3. The predicted octanol–water partition coefficient (Wildman–Crippen LogP) is 4.81. The lowest BCUT2D eigenvalue weighted by Gasteiger charge is -2.27. The first-order valence-corrected chi connectivity index (χ1v) is 9.73. The van der Waals surface area contributed by atoms with E-state index >= 15 is 0 Å². The second-order valence-corrected chi connectivity index (χ2v) is 7.49. The largest absolute Gasteiger partial charge is 0.493 e. The SMILES string of the molecule is COc1ccc(Nc2nc(NC3CCC3)c3c(C(C)C)c[nH]c3n2)cc1OC. The Morgan fingerprint density at radius 2 is 1.89 bits per heavy atom. The molecular weight excluding hydrogens is 354 g/mol. The zero-order valence-electron chi connectivity index (χ0n) is 16.8. The molecule has 0 amide bonds. The van der Waals surface area contributed by atoms with Crippen molar-refractivity contribution in [2.24, 2.45) is 0 Å². The van der Waals surface area contributed by atoms with Gasteiger partial charge in [-0.05, 0) is 42.9 Å². The Bertz CT molecular complexity index is 978. The Hall–Kier alpha value is -2.96. The highest BCUT2D eigenvalue weighted by molar-refractivity contribution is 5.92. The van der Waals surface area contributed by atoms with Gasteiger partial charge in [0.2, 0.25) is 5.95 Å². The number of ether oxygens (including phenoxy) is 2. The van der Waals surface area contributed by atoms with Crippen molar-refractivity contribution >= 4 is 28.5 Å². The molecule has 0 saturated heterocycles. The molecular formula is C21H27N5O2. The van der Waals surface area contributed by atoms with Crippen molar-refractivity contribution in [2.45, 2.75) is 45.1 Å². The number of hydrogen-bond donors (Lipinski definition) is 3. The minimum atomic E-state index is 0.393. The molecule has 1 fully saturated rings. The number of aromatic amines is 1. The van der Waals surface area contributed by atoms with Crippen molar-refractivity contribution in [1.82, 2.24) is 15.0 Å². The maximum Gasteiger partial charge on any atom is 0.231 e. The lowest BCUT2D eigenvalue weighted by molar-refractivity contribution is 0.355. The lowest BCUT2D eigenvalue weighted by Crippen LogP contribution is -2.27. The summed E-state index contributed by atoms with van der Waals surface area (Å²) in [6, 6.07) is 6.14. The Labute approximate surface area is 164 Å². The van der Waals surface area contributed by atoms with Crippen LogP contribution >= 0.6 is 0 Å². The van der Waals surface area contributed by atoms with Gasteiger partial charge < -0.3 is 25.1 Å². The first kappa shape index (κ1) is 18.4. The zero-order chi connectivity index (χ0) is 19.7. The third-order valence-electron chi connectivity index (χ3n) is 5.27. The summed E-state index contributed by atoms with van der Waals surface area (Å²) in [6.07, 6.45) is 5.68. The van der Waals surface area contributed by atoms with E-state index in [1.165, 1.54) is 24.8 Å². The maximum absolute atomic E-state index is 5.39. The molecule has 0 aliphatic heterocycles. The van der Waals surface area contributed by atoms with Gasteiger partial charge in [-0.25, -0.2) is 0 Å². The molecule has 0 atom stereocenters. The summed E-state index contributed by atoms with van der Waals surface area (Å²) in [5.41, 5.74) is 2.90. The van der Waals surface area contributed by atoms with Crippen LogP contribution in [0.1, 0.15) is 44.6 Å². The molecule has 3 aromatic rings. The third-order valence-corrected chi connectivity index (χ3v) is 5.27. The molecule has 0 spiro atoms. The smallest absolute Gasteiger partial charge is 0.231 e. The van der Waals surface area contributed by atoms with Crippen LogP contribution in [0.4, 0.5) is 17.5 Å². The molecule has 0 radical (unpaired) electrons. The van der Waals surface area contributed by atoms with E-state index in [2.05, 4.69) is 29.5 Å². The molecule has 1 aromatic carbocycles. The number of aromatic nitrogens is 3. The number of nitrogens with zero attached hydrogens (tertiary/aromatic N) is 2. The Balaban J connectivity index is 1.71. The van der Waals surface area contributed by atoms with Crippen LogP contribution in [0.25, 0.3) is 11.0 Å². The van der Waals surface area contributed by atoms with E-state index in [-0.39, 0.29) is 0 Å². The molecule has 2 heterocycles. The minimum Gasteiger partial charge on any atom is -0.493 e. The van der Waals surface area contributed by atoms with Crippen molar-refractivity contribution in [1.29, 1.82) is 0 Å². The summed E-state index contributed by atoms with van der Waals surface area (Å²) in [6.45, 7) is 4.37. The number of rotatable bonds is 7. The molecule has 7 nitrogen and oxygen atoms in total. The zero-order valence-corrected chi connectivity index (χ0v) is 16.8. The molecule has 4 rings (SSSR count). The molecule has 28 heavy (non-hydrogen) atoms. The molecule has 2 aromatic heterocycles. The molecule has 1 saturated carbocycles. The van der Waals surface area contributed by atoms with Crippen molar-refractivity contribution in [3.8, 4) is 11.5 Å². The van der Waals surface area contributed by atoms with Gasteiger partial charge >= 0.3 is 0 Å². The van der Waals surface area contributed by atoms with Crippen LogP contribution in [-0.4, -0.2) is 35.2 Å². The second kappa shape index (κ2) is 7.58. The average molecular weight is 381 g/mol. The van der Waals surface area contributed by atoms with Crippen LogP contribution < -0.4 is 20.1 Å². The van der Waals surface area contributed by atoms with Crippen LogP contribution in [0.2, 0.25) is 0 Å². The van der Waals surface area contributed by atoms with E-state index in [4.69, 9.17) is 19.4 Å². The van der Waals surface area contributed by atoms with Crippen LogP contribution in [0.3, 0.4) is 0 Å². The van der Waals surface area contributed by atoms with Gasteiger partial charge in [0.25, 0.3) is 0 Å². The number of H-pyrrole nitrogens is 1. The Morgan fingerprint density at radius 1 is 1.11 bits per heavy atom. The summed E-state index contributed by atoms with van der Waals surface area (Å²) < 4.78 is 10.7. The number of benzene rings is 1. The topological polar surface area (TPSA) is 84.1 Å². The molecule has 1 aliphatic rings. The molecule has 0 bridgehead atoms. The minimum absolute atomic E-state index is 0.393. The highest BCUT2D eigenvalue weighted by Crippen LogP contribution is 2.34. The summed E-state index contributed by atoms with van der Waals surface area (Å²) >= 11 is 0. The number of nitrogens with one attached hydrogen (secondary N) is 3. The van der Waals surface area contributed by atoms with Gasteiger partial charge in [-0.1, -0.05) is 13.8 Å².